The van der Waals surface area contributed by atoms with E-state index in [4.69, 9.17) is 11.6 Å². The van der Waals surface area contributed by atoms with E-state index in [9.17, 15) is 0 Å². The van der Waals surface area contributed by atoms with E-state index >= 15 is 0 Å². The Labute approximate surface area is 124 Å². The van der Waals surface area contributed by atoms with E-state index in [0.717, 1.165) is 37.3 Å². The second kappa shape index (κ2) is 7.20. The topological polar surface area (TPSA) is 50.7 Å². The van der Waals surface area contributed by atoms with E-state index in [2.05, 4.69) is 34.1 Å². The molecule has 0 saturated carbocycles. The van der Waals surface area contributed by atoms with Gasteiger partial charge in [-0.3, -0.25) is 4.98 Å². The molecule has 0 aliphatic heterocycles. The summed E-state index contributed by atoms with van der Waals surface area (Å²) < 4.78 is 0. The van der Waals surface area contributed by atoms with Crippen LogP contribution in [0.4, 0.5) is 5.82 Å². The van der Waals surface area contributed by atoms with Crippen LogP contribution < -0.4 is 5.32 Å². The molecule has 0 aliphatic rings. The number of nitrogens with zero attached hydrogens (tertiary/aromatic N) is 3. The van der Waals surface area contributed by atoms with Crippen LogP contribution in [0.25, 0.3) is 11.5 Å². The first-order valence-electron chi connectivity index (χ1n) is 6.97. The molecule has 5 heteroatoms. The molecular weight excluding hydrogens is 272 g/mol. The number of aryl methyl sites for hydroxylation is 1. The van der Waals surface area contributed by atoms with E-state index in [0.29, 0.717) is 16.5 Å². The third kappa shape index (κ3) is 3.67. The lowest BCUT2D eigenvalue weighted by Crippen LogP contribution is -2.06. The Morgan fingerprint density at radius 2 is 2.05 bits per heavy atom. The van der Waals surface area contributed by atoms with Crippen molar-refractivity contribution in [1.82, 2.24) is 15.0 Å². The summed E-state index contributed by atoms with van der Waals surface area (Å²) in [5.74, 6) is 1.42. The molecule has 0 spiro atoms. The number of nitrogens with one attached hydrogen (secondary N) is 1. The molecule has 0 unspecified atom stereocenters. The van der Waals surface area contributed by atoms with Crippen molar-refractivity contribution in [2.24, 2.45) is 0 Å². The molecular formula is C15H19ClN4. The Kier molecular flexibility index (Phi) is 5.30. The maximum Gasteiger partial charge on any atom is 0.181 e. The molecule has 4 nitrogen and oxygen atoms in total. The number of hydrogen-bond acceptors (Lipinski definition) is 4. The Bertz CT molecular complexity index is 572. The first kappa shape index (κ1) is 14.7. The van der Waals surface area contributed by atoms with E-state index in [1.165, 1.54) is 0 Å². The number of aromatic nitrogens is 3. The van der Waals surface area contributed by atoms with Crippen LogP contribution in [0.5, 0.6) is 0 Å². The van der Waals surface area contributed by atoms with Gasteiger partial charge >= 0.3 is 0 Å². The zero-order valence-electron chi connectivity index (χ0n) is 11.9. The van der Waals surface area contributed by atoms with Crippen molar-refractivity contribution in [3.8, 4) is 11.5 Å². The smallest absolute Gasteiger partial charge is 0.181 e. The number of halogens is 1. The Morgan fingerprint density at radius 1 is 1.20 bits per heavy atom. The van der Waals surface area contributed by atoms with E-state index < -0.39 is 0 Å². The molecule has 2 rings (SSSR count). The first-order chi connectivity index (χ1) is 9.74. The molecule has 1 N–H and O–H groups in total. The SMILES string of the molecule is CCCNc1cc(CCC)nc(-c2ncccc2Cl)n1. The van der Waals surface area contributed by atoms with Gasteiger partial charge in [0, 0.05) is 24.5 Å². The van der Waals surface area contributed by atoms with Gasteiger partial charge in [-0.25, -0.2) is 9.97 Å². The molecule has 106 valence electrons. The van der Waals surface area contributed by atoms with Gasteiger partial charge in [-0.2, -0.15) is 0 Å². The zero-order chi connectivity index (χ0) is 14.4. The highest BCUT2D eigenvalue weighted by atomic mass is 35.5. The van der Waals surface area contributed by atoms with Crippen molar-refractivity contribution in [2.45, 2.75) is 33.1 Å². The summed E-state index contributed by atoms with van der Waals surface area (Å²) in [7, 11) is 0. The fourth-order valence-electron chi connectivity index (χ4n) is 1.88. The maximum absolute atomic E-state index is 6.18. The maximum atomic E-state index is 6.18. The standard InChI is InChI=1S/C15H19ClN4/c1-3-6-11-10-13(17-8-4-2)20-15(19-11)14-12(16)7-5-9-18-14/h5,7,9-10H,3-4,6,8H2,1-2H3,(H,17,19,20). The lowest BCUT2D eigenvalue weighted by atomic mass is 10.2. The van der Waals surface area contributed by atoms with Crippen LogP contribution in [0.2, 0.25) is 5.02 Å². The largest absolute Gasteiger partial charge is 0.370 e. The highest BCUT2D eigenvalue weighted by Gasteiger charge is 2.10. The minimum Gasteiger partial charge on any atom is -0.370 e. The van der Waals surface area contributed by atoms with Gasteiger partial charge in [-0.15, -0.1) is 0 Å². The fraction of sp³-hybridized carbons (Fsp3) is 0.400. The van der Waals surface area contributed by atoms with Crippen LogP contribution in [0.1, 0.15) is 32.4 Å². The fourth-order valence-corrected chi connectivity index (χ4v) is 2.09. The van der Waals surface area contributed by atoms with Gasteiger partial charge in [0.05, 0.1) is 5.02 Å². The summed E-state index contributed by atoms with van der Waals surface area (Å²) in [5, 5.41) is 3.87. The van der Waals surface area contributed by atoms with E-state index in [1.807, 2.05) is 6.07 Å². The third-order valence-corrected chi connectivity index (χ3v) is 3.12. The quantitative estimate of drug-likeness (QED) is 0.875. The molecule has 20 heavy (non-hydrogen) atoms. The molecule has 2 aromatic heterocycles. The summed E-state index contributed by atoms with van der Waals surface area (Å²) in [6.07, 6.45) is 4.71. The predicted octanol–water partition coefficient (Wildman–Crippen LogP) is 3.97. The Morgan fingerprint density at radius 3 is 2.75 bits per heavy atom. The highest BCUT2D eigenvalue weighted by molar-refractivity contribution is 6.32. The molecule has 0 radical (unpaired) electrons. The molecule has 0 aliphatic carbocycles. The van der Waals surface area contributed by atoms with Gasteiger partial charge in [0.25, 0.3) is 0 Å². The summed E-state index contributed by atoms with van der Waals surface area (Å²) in [6.45, 7) is 5.14. The van der Waals surface area contributed by atoms with Gasteiger partial charge < -0.3 is 5.32 Å². The average Bonchev–Trinajstić information content (AvgIpc) is 2.46. The number of rotatable bonds is 6. The van der Waals surface area contributed by atoms with Crippen molar-refractivity contribution in [1.29, 1.82) is 0 Å². The second-order valence-corrected chi connectivity index (χ2v) is 4.99. The van der Waals surface area contributed by atoms with E-state index in [1.54, 1.807) is 18.3 Å². The van der Waals surface area contributed by atoms with Crippen LogP contribution in [-0.4, -0.2) is 21.5 Å². The van der Waals surface area contributed by atoms with Gasteiger partial charge in [-0.05, 0) is 25.0 Å². The van der Waals surface area contributed by atoms with Crippen molar-refractivity contribution < 1.29 is 0 Å². The number of hydrogen-bond donors (Lipinski definition) is 1. The van der Waals surface area contributed by atoms with Gasteiger partial charge in [0.1, 0.15) is 11.5 Å². The minimum atomic E-state index is 0.572. The molecule has 2 heterocycles. The minimum absolute atomic E-state index is 0.572. The van der Waals surface area contributed by atoms with Crippen LogP contribution in [-0.2, 0) is 6.42 Å². The predicted molar refractivity (Wildman–Crippen MR) is 83.0 cm³/mol. The van der Waals surface area contributed by atoms with Crippen molar-refractivity contribution in [3.05, 3.63) is 35.1 Å². The van der Waals surface area contributed by atoms with Crippen molar-refractivity contribution in [3.63, 3.8) is 0 Å². The van der Waals surface area contributed by atoms with Crippen LogP contribution >= 0.6 is 11.6 Å². The van der Waals surface area contributed by atoms with Crippen LogP contribution in [0, 0.1) is 0 Å². The van der Waals surface area contributed by atoms with Crippen LogP contribution in [0.15, 0.2) is 24.4 Å². The summed E-state index contributed by atoms with van der Waals surface area (Å²) >= 11 is 6.18. The number of pyridine rings is 1. The van der Waals surface area contributed by atoms with Gasteiger partial charge in [0.15, 0.2) is 5.82 Å². The second-order valence-electron chi connectivity index (χ2n) is 4.58. The molecule has 0 amide bonds. The summed E-state index contributed by atoms with van der Waals surface area (Å²) in [6, 6.07) is 5.61. The zero-order valence-corrected chi connectivity index (χ0v) is 12.6. The molecule has 0 fully saturated rings. The van der Waals surface area contributed by atoms with E-state index in [-0.39, 0.29) is 0 Å². The highest BCUT2D eigenvalue weighted by Crippen LogP contribution is 2.23. The molecule has 0 saturated heterocycles. The molecule has 2 aromatic rings. The van der Waals surface area contributed by atoms with Gasteiger partial charge in [0.2, 0.25) is 0 Å². The molecule has 0 aromatic carbocycles. The van der Waals surface area contributed by atoms with Gasteiger partial charge in [-0.1, -0.05) is 31.9 Å². The monoisotopic (exact) mass is 290 g/mol. The summed E-state index contributed by atoms with van der Waals surface area (Å²) in [5.41, 5.74) is 1.64. The van der Waals surface area contributed by atoms with Crippen molar-refractivity contribution in [2.75, 3.05) is 11.9 Å². The lowest BCUT2D eigenvalue weighted by molar-refractivity contribution is 0.871. The Hall–Kier alpha value is -1.68. The summed E-state index contributed by atoms with van der Waals surface area (Å²) in [4.78, 5) is 13.4. The van der Waals surface area contributed by atoms with Crippen LogP contribution in [0.3, 0.4) is 0 Å². The average molecular weight is 291 g/mol. The third-order valence-electron chi connectivity index (χ3n) is 2.81. The molecule has 0 atom stereocenters. The van der Waals surface area contributed by atoms with Crippen molar-refractivity contribution >= 4 is 17.4 Å². The normalized spacial score (nSPS) is 10.6. The lowest BCUT2D eigenvalue weighted by Gasteiger charge is -2.09. The first-order valence-corrected chi connectivity index (χ1v) is 7.35. The number of anilines is 1. The Balaban J connectivity index is 2.40. The molecule has 0 bridgehead atoms.